The highest BCUT2D eigenvalue weighted by atomic mass is 32.2. The van der Waals surface area contributed by atoms with Gasteiger partial charge in [0.15, 0.2) is 5.52 Å². The largest absolute Gasteiger partial charge is 0.351 e. The molecule has 1 fully saturated rings. The predicted octanol–water partition coefficient (Wildman–Crippen LogP) is 3.18. The van der Waals surface area contributed by atoms with Gasteiger partial charge >= 0.3 is 0 Å². The Hall–Kier alpha value is -2.98. The van der Waals surface area contributed by atoms with Crippen molar-refractivity contribution in [2.45, 2.75) is 12.8 Å². The molecule has 29 heavy (non-hydrogen) atoms. The molecule has 0 unspecified atom stereocenters. The van der Waals surface area contributed by atoms with E-state index in [1.165, 1.54) is 11.8 Å². The number of carbonyl (C=O) groups excluding carboxylic acids is 2. The van der Waals surface area contributed by atoms with Crippen LogP contribution in [-0.2, 0) is 16.6 Å². The number of nitrogens with zero attached hydrogens (tertiary/aromatic N) is 4. The summed E-state index contributed by atoms with van der Waals surface area (Å²) in [5.74, 6) is -0.301. The Morgan fingerprint density at radius 2 is 2.17 bits per heavy atom. The first-order valence-electron chi connectivity index (χ1n) is 8.91. The predicted molar refractivity (Wildman–Crippen MR) is 115 cm³/mol. The van der Waals surface area contributed by atoms with E-state index in [-0.39, 0.29) is 18.2 Å². The van der Waals surface area contributed by atoms with Gasteiger partial charge in [0.1, 0.15) is 9.84 Å². The molecule has 10 heteroatoms. The van der Waals surface area contributed by atoms with Gasteiger partial charge in [-0.2, -0.15) is 0 Å². The van der Waals surface area contributed by atoms with E-state index in [0.29, 0.717) is 38.9 Å². The van der Waals surface area contributed by atoms with Gasteiger partial charge in [-0.15, -0.1) is 0 Å². The number of amides is 2. The lowest BCUT2D eigenvalue weighted by Crippen LogP contribution is -2.29. The third kappa shape index (κ3) is 4.08. The monoisotopic (exact) mass is 427 g/mol. The molecule has 1 aliphatic rings. The van der Waals surface area contributed by atoms with Crippen molar-refractivity contribution in [3.8, 4) is 0 Å². The first kappa shape index (κ1) is 19.3. The van der Waals surface area contributed by atoms with Crippen molar-refractivity contribution in [1.29, 1.82) is 0 Å². The fourth-order valence-corrected chi connectivity index (χ4v) is 4.26. The zero-order chi connectivity index (χ0) is 20.4. The Morgan fingerprint density at radius 3 is 2.97 bits per heavy atom. The molecule has 4 rings (SSSR count). The van der Waals surface area contributed by atoms with Crippen LogP contribution in [0.3, 0.4) is 0 Å². The number of thiocarbonyl (C=S) groups is 1. The minimum Gasteiger partial charge on any atom is -0.351 e. The van der Waals surface area contributed by atoms with Crippen LogP contribution in [0.15, 0.2) is 46.1 Å². The van der Waals surface area contributed by atoms with Crippen LogP contribution >= 0.6 is 24.0 Å². The van der Waals surface area contributed by atoms with Crippen LogP contribution in [0, 0.1) is 0 Å². The van der Waals surface area contributed by atoms with Gasteiger partial charge in [-0.25, -0.2) is 4.63 Å². The highest BCUT2D eigenvalue weighted by Gasteiger charge is 2.31. The van der Waals surface area contributed by atoms with E-state index >= 15 is 0 Å². The topological polar surface area (TPSA) is 93.3 Å². The standard InChI is InChI=1S/C19H17N5O3S2/c1-23-9-3-5-12(23)11-15-18(26)24(19(28)29-15)10-4-8-16(25)20-13-6-2-7-14-17(13)22-27-21-14/h2-3,5-7,9,11H,4,8,10H2,1H3,(H,20,25). The number of thioether (sulfide) groups is 1. The number of hydrogen-bond donors (Lipinski definition) is 1. The molecule has 1 saturated heterocycles. The molecule has 0 spiro atoms. The first-order valence-corrected chi connectivity index (χ1v) is 10.1. The van der Waals surface area contributed by atoms with Crippen LogP contribution in [0.1, 0.15) is 18.5 Å². The molecular formula is C19H17N5O3S2. The number of benzene rings is 1. The maximum Gasteiger partial charge on any atom is 0.266 e. The minimum absolute atomic E-state index is 0.125. The molecule has 0 radical (unpaired) electrons. The van der Waals surface area contributed by atoms with E-state index in [1.807, 2.05) is 36.0 Å². The van der Waals surface area contributed by atoms with Gasteiger partial charge in [0, 0.05) is 31.9 Å². The third-order valence-corrected chi connectivity index (χ3v) is 5.86. The number of aryl methyl sites for hydroxylation is 1. The van der Waals surface area contributed by atoms with Crippen LogP contribution in [0.5, 0.6) is 0 Å². The summed E-state index contributed by atoms with van der Waals surface area (Å²) in [6.07, 6.45) is 4.48. The van der Waals surface area contributed by atoms with Crippen molar-refractivity contribution < 1.29 is 14.2 Å². The second-order valence-corrected chi connectivity index (χ2v) is 8.14. The minimum atomic E-state index is -0.176. The molecule has 1 aromatic carbocycles. The van der Waals surface area contributed by atoms with Gasteiger partial charge in [0.05, 0.1) is 10.6 Å². The molecule has 0 bridgehead atoms. The second-order valence-electron chi connectivity index (χ2n) is 6.47. The van der Waals surface area contributed by atoms with Crippen molar-refractivity contribution in [2.75, 3.05) is 11.9 Å². The van der Waals surface area contributed by atoms with Gasteiger partial charge in [-0.3, -0.25) is 14.5 Å². The Labute approximate surface area is 175 Å². The highest BCUT2D eigenvalue weighted by Crippen LogP contribution is 2.32. The van der Waals surface area contributed by atoms with Crippen LogP contribution < -0.4 is 5.32 Å². The Balaban J connectivity index is 1.33. The summed E-state index contributed by atoms with van der Waals surface area (Å²) in [4.78, 5) is 27.1. The van der Waals surface area contributed by atoms with Crippen molar-refractivity contribution in [3.05, 3.63) is 47.1 Å². The lowest BCUT2D eigenvalue weighted by molar-refractivity contribution is -0.122. The first-order chi connectivity index (χ1) is 14.0. The smallest absolute Gasteiger partial charge is 0.266 e. The van der Waals surface area contributed by atoms with Gasteiger partial charge in [0.25, 0.3) is 5.91 Å². The van der Waals surface area contributed by atoms with E-state index in [1.54, 1.807) is 23.1 Å². The maximum absolute atomic E-state index is 12.7. The lowest BCUT2D eigenvalue weighted by atomic mass is 10.2. The molecule has 148 valence electrons. The zero-order valence-corrected chi connectivity index (χ0v) is 17.1. The van der Waals surface area contributed by atoms with Crippen LogP contribution in [0.25, 0.3) is 17.1 Å². The second kappa shape index (κ2) is 8.18. The Kier molecular flexibility index (Phi) is 5.45. The summed E-state index contributed by atoms with van der Waals surface area (Å²) in [6.45, 7) is 0.387. The normalized spacial score (nSPS) is 15.6. The number of nitrogens with one attached hydrogen (secondary N) is 1. The molecule has 2 amide bonds. The molecule has 2 aromatic heterocycles. The fourth-order valence-electron chi connectivity index (χ4n) is 2.97. The molecule has 1 aliphatic heterocycles. The quantitative estimate of drug-likeness (QED) is 0.477. The number of aromatic nitrogens is 3. The van der Waals surface area contributed by atoms with Crippen LogP contribution in [0.2, 0.25) is 0 Å². The molecular weight excluding hydrogens is 410 g/mol. The van der Waals surface area contributed by atoms with E-state index in [0.717, 1.165) is 5.69 Å². The fraction of sp³-hybridized carbons (Fsp3) is 0.211. The van der Waals surface area contributed by atoms with Crippen LogP contribution in [0.4, 0.5) is 5.69 Å². The van der Waals surface area contributed by atoms with Crippen molar-refractivity contribution in [3.63, 3.8) is 0 Å². The molecule has 0 saturated carbocycles. The van der Waals surface area contributed by atoms with Crippen molar-refractivity contribution in [1.82, 2.24) is 19.8 Å². The van der Waals surface area contributed by atoms with Crippen molar-refractivity contribution in [2.24, 2.45) is 7.05 Å². The number of rotatable bonds is 6. The van der Waals surface area contributed by atoms with E-state index in [2.05, 4.69) is 15.6 Å². The summed E-state index contributed by atoms with van der Waals surface area (Å²) >= 11 is 6.63. The molecule has 0 atom stereocenters. The van der Waals surface area contributed by atoms with Crippen molar-refractivity contribution >= 4 is 62.9 Å². The van der Waals surface area contributed by atoms with E-state index in [9.17, 15) is 9.59 Å². The number of carbonyl (C=O) groups is 2. The molecule has 3 heterocycles. The van der Waals surface area contributed by atoms with Gasteiger partial charge in [-0.1, -0.05) is 30.0 Å². The average molecular weight is 428 g/mol. The van der Waals surface area contributed by atoms with Crippen LogP contribution in [-0.4, -0.2) is 42.5 Å². The third-order valence-electron chi connectivity index (χ3n) is 4.48. The van der Waals surface area contributed by atoms with Gasteiger partial charge < -0.3 is 9.88 Å². The number of anilines is 1. The lowest BCUT2D eigenvalue weighted by Gasteiger charge is -2.14. The molecule has 1 N–H and O–H groups in total. The van der Waals surface area contributed by atoms with Gasteiger partial charge in [0.2, 0.25) is 5.91 Å². The Morgan fingerprint density at radius 1 is 1.31 bits per heavy atom. The molecule has 8 nitrogen and oxygen atoms in total. The number of hydrogen-bond acceptors (Lipinski definition) is 7. The molecule has 0 aliphatic carbocycles. The van der Waals surface area contributed by atoms with E-state index in [4.69, 9.17) is 16.8 Å². The summed E-state index contributed by atoms with van der Waals surface area (Å²) in [6, 6.07) is 9.10. The summed E-state index contributed by atoms with van der Waals surface area (Å²) in [5.41, 5.74) is 2.56. The summed E-state index contributed by atoms with van der Waals surface area (Å²) in [7, 11) is 1.92. The zero-order valence-electron chi connectivity index (χ0n) is 15.5. The Bertz CT molecular complexity index is 1130. The summed E-state index contributed by atoms with van der Waals surface area (Å²) < 4.78 is 7.14. The highest BCUT2D eigenvalue weighted by molar-refractivity contribution is 8.26. The number of fused-ring (bicyclic) bond motifs is 1. The van der Waals surface area contributed by atoms with E-state index < -0.39 is 0 Å². The summed E-state index contributed by atoms with van der Waals surface area (Å²) in [5, 5.41) is 10.4. The average Bonchev–Trinajstić information content (AvgIpc) is 3.39. The maximum atomic E-state index is 12.7. The molecule has 3 aromatic rings. The van der Waals surface area contributed by atoms with Gasteiger partial charge in [-0.05, 0) is 47.1 Å². The SMILES string of the molecule is Cn1cccc1C=C1SC(=S)N(CCCC(=O)Nc2cccc3nonc23)C1=O.